The van der Waals surface area contributed by atoms with Gasteiger partial charge in [0.25, 0.3) is 0 Å². The molecule has 60 valence electrons. The van der Waals surface area contributed by atoms with Gasteiger partial charge in [-0.2, -0.15) is 0 Å². The summed E-state index contributed by atoms with van der Waals surface area (Å²) in [4.78, 5) is 10.1. The summed E-state index contributed by atoms with van der Waals surface area (Å²) in [6.07, 6.45) is 2.66. The third-order valence-electron chi connectivity index (χ3n) is 1.45. The molecule has 0 aromatic carbocycles. The Morgan fingerprint density at radius 1 is 1.50 bits per heavy atom. The Morgan fingerprint density at radius 3 is 2.50 bits per heavy atom. The van der Waals surface area contributed by atoms with E-state index in [0.29, 0.717) is 6.42 Å². The lowest BCUT2D eigenvalue weighted by molar-refractivity contribution is -0.108. The van der Waals surface area contributed by atoms with Crippen LogP contribution in [-0.2, 0) is 4.79 Å². The molecule has 0 fully saturated rings. The maximum absolute atomic E-state index is 10.1. The molecule has 0 aliphatic carbocycles. The van der Waals surface area contributed by atoms with Gasteiger partial charge in [-0.15, -0.1) is 0 Å². The van der Waals surface area contributed by atoms with Gasteiger partial charge in [-0.3, -0.25) is 0 Å². The van der Waals surface area contributed by atoms with Crippen LogP contribution >= 0.6 is 0 Å². The van der Waals surface area contributed by atoms with Gasteiger partial charge >= 0.3 is 0 Å². The van der Waals surface area contributed by atoms with Crippen molar-refractivity contribution in [2.75, 3.05) is 6.54 Å². The molecule has 0 unspecified atom stereocenters. The van der Waals surface area contributed by atoms with E-state index in [0.717, 1.165) is 19.3 Å². The Bertz CT molecular complexity index is 99.4. The Balaban J connectivity index is 3.51. The first kappa shape index (κ1) is 9.63. The minimum atomic E-state index is -0.0161. The lowest BCUT2D eigenvalue weighted by atomic mass is 10.0. The van der Waals surface area contributed by atoms with E-state index in [1.807, 2.05) is 13.8 Å². The predicted molar refractivity (Wildman–Crippen MR) is 43.1 cm³/mol. The molecule has 0 amide bonds. The fraction of sp³-hybridized carbons (Fsp3) is 0.875. The first-order valence-electron chi connectivity index (χ1n) is 3.81. The van der Waals surface area contributed by atoms with Crippen LogP contribution in [0.2, 0.25) is 0 Å². The summed E-state index contributed by atoms with van der Waals surface area (Å²) in [5.41, 5.74) is -0.0161. The lowest BCUT2D eigenvalue weighted by Crippen LogP contribution is -2.39. The minimum absolute atomic E-state index is 0.0161. The highest BCUT2D eigenvalue weighted by atomic mass is 16.1. The van der Waals surface area contributed by atoms with Crippen LogP contribution in [0.4, 0.5) is 0 Å². The van der Waals surface area contributed by atoms with E-state index in [1.54, 1.807) is 0 Å². The maximum Gasteiger partial charge on any atom is 0.121 e. The number of nitrogens with one attached hydrogen (secondary N) is 1. The molecule has 0 aromatic heterocycles. The van der Waals surface area contributed by atoms with Crippen LogP contribution in [-0.4, -0.2) is 18.4 Å². The Labute approximate surface area is 63.0 Å². The standard InChI is InChI=1S/C8H17NO/c1-4-6-9-8(2,3)5-7-10/h7,9H,4-6H2,1-3H3. The van der Waals surface area contributed by atoms with E-state index in [4.69, 9.17) is 0 Å². The van der Waals surface area contributed by atoms with Crippen molar-refractivity contribution in [2.45, 2.75) is 39.2 Å². The van der Waals surface area contributed by atoms with Gasteiger partial charge in [0.05, 0.1) is 0 Å². The van der Waals surface area contributed by atoms with Crippen LogP contribution in [0.25, 0.3) is 0 Å². The zero-order valence-corrected chi connectivity index (χ0v) is 7.11. The monoisotopic (exact) mass is 143 g/mol. The Hall–Kier alpha value is -0.370. The molecule has 0 aliphatic heterocycles. The molecule has 0 heterocycles. The second kappa shape index (κ2) is 4.45. The molecular formula is C8H17NO. The van der Waals surface area contributed by atoms with Gasteiger partial charge < -0.3 is 10.1 Å². The van der Waals surface area contributed by atoms with Gasteiger partial charge in [-0.1, -0.05) is 6.92 Å². The normalized spacial score (nSPS) is 11.5. The van der Waals surface area contributed by atoms with Crippen LogP contribution in [0.1, 0.15) is 33.6 Å². The van der Waals surface area contributed by atoms with Gasteiger partial charge in [-0.05, 0) is 26.8 Å². The first-order valence-corrected chi connectivity index (χ1v) is 3.81. The topological polar surface area (TPSA) is 29.1 Å². The van der Waals surface area contributed by atoms with Crippen molar-refractivity contribution in [3.8, 4) is 0 Å². The van der Waals surface area contributed by atoms with Crippen molar-refractivity contribution in [1.29, 1.82) is 0 Å². The number of rotatable bonds is 5. The van der Waals surface area contributed by atoms with Crippen LogP contribution in [0, 0.1) is 0 Å². The highest BCUT2D eigenvalue weighted by molar-refractivity contribution is 5.51. The van der Waals surface area contributed by atoms with E-state index in [9.17, 15) is 4.79 Å². The van der Waals surface area contributed by atoms with Gasteiger partial charge in [0, 0.05) is 12.0 Å². The molecule has 1 N–H and O–H groups in total. The predicted octanol–water partition coefficient (Wildman–Crippen LogP) is 1.35. The first-order chi connectivity index (χ1) is 4.62. The smallest absolute Gasteiger partial charge is 0.121 e. The summed E-state index contributed by atoms with van der Waals surface area (Å²) < 4.78 is 0. The average Bonchev–Trinajstić information content (AvgIpc) is 1.84. The van der Waals surface area contributed by atoms with Crippen molar-refractivity contribution in [3.05, 3.63) is 0 Å². The minimum Gasteiger partial charge on any atom is -0.311 e. The maximum atomic E-state index is 10.1. The van der Waals surface area contributed by atoms with Crippen LogP contribution in [0.5, 0.6) is 0 Å². The van der Waals surface area contributed by atoms with Crippen molar-refractivity contribution < 1.29 is 4.79 Å². The highest BCUT2D eigenvalue weighted by Gasteiger charge is 2.14. The van der Waals surface area contributed by atoms with Crippen molar-refractivity contribution in [1.82, 2.24) is 5.32 Å². The molecule has 0 atom stereocenters. The average molecular weight is 143 g/mol. The van der Waals surface area contributed by atoms with E-state index >= 15 is 0 Å². The molecule has 0 aliphatic rings. The number of hydrogen-bond donors (Lipinski definition) is 1. The fourth-order valence-corrected chi connectivity index (χ4v) is 0.744. The SMILES string of the molecule is CCCNC(C)(C)CC=O. The summed E-state index contributed by atoms with van der Waals surface area (Å²) in [7, 11) is 0. The highest BCUT2D eigenvalue weighted by Crippen LogP contribution is 2.04. The quantitative estimate of drug-likeness (QED) is 0.589. The Morgan fingerprint density at radius 2 is 2.10 bits per heavy atom. The number of carbonyl (C=O) groups is 1. The Kier molecular flexibility index (Phi) is 4.28. The van der Waals surface area contributed by atoms with Crippen molar-refractivity contribution in [2.24, 2.45) is 0 Å². The zero-order valence-electron chi connectivity index (χ0n) is 7.11. The number of aldehydes is 1. The molecule has 2 heteroatoms. The zero-order chi connectivity index (χ0) is 8.04. The van der Waals surface area contributed by atoms with Gasteiger partial charge in [0.1, 0.15) is 6.29 Å². The van der Waals surface area contributed by atoms with Gasteiger partial charge in [0.2, 0.25) is 0 Å². The van der Waals surface area contributed by atoms with Crippen LogP contribution in [0.15, 0.2) is 0 Å². The molecule has 2 nitrogen and oxygen atoms in total. The summed E-state index contributed by atoms with van der Waals surface area (Å²) in [6, 6.07) is 0. The van der Waals surface area contributed by atoms with E-state index < -0.39 is 0 Å². The van der Waals surface area contributed by atoms with E-state index in [-0.39, 0.29) is 5.54 Å². The third-order valence-corrected chi connectivity index (χ3v) is 1.45. The summed E-state index contributed by atoms with van der Waals surface area (Å²) in [6.45, 7) is 7.18. The van der Waals surface area contributed by atoms with E-state index in [1.165, 1.54) is 0 Å². The number of hydrogen-bond acceptors (Lipinski definition) is 2. The number of carbonyl (C=O) groups excluding carboxylic acids is 1. The second-order valence-corrected chi connectivity index (χ2v) is 3.18. The molecule has 0 spiro atoms. The second-order valence-electron chi connectivity index (χ2n) is 3.18. The third kappa shape index (κ3) is 4.50. The molecule has 0 saturated carbocycles. The molecule has 0 saturated heterocycles. The van der Waals surface area contributed by atoms with Crippen LogP contribution in [0.3, 0.4) is 0 Å². The van der Waals surface area contributed by atoms with Crippen molar-refractivity contribution >= 4 is 6.29 Å². The molecule has 0 bridgehead atoms. The summed E-state index contributed by atoms with van der Waals surface area (Å²) in [5, 5.41) is 3.28. The van der Waals surface area contributed by atoms with Crippen LogP contribution < -0.4 is 5.32 Å². The molecule has 10 heavy (non-hydrogen) atoms. The van der Waals surface area contributed by atoms with E-state index in [2.05, 4.69) is 12.2 Å². The summed E-state index contributed by atoms with van der Waals surface area (Å²) in [5.74, 6) is 0. The fourth-order valence-electron chi connectivity index (χ4n) is 0.744. The molecule has 0 rings (SSSR count). The van der Waals surface area contributed by atoms with Crippen molar-refractivity contribution in [3.63, 3.8) is 0 Å². The lowest BCUT2D eigenvalue weighted by Gasteiger charge is -2.23. The largest absolute Gasteiger partial charge is 0.311 e. The molecule has 0 aromatic rings. The molecule has 0 radical (unpaired) electrons. The van der Waals surface area contributed by atoms with Gasteiger partial charge in [0.15, 0.2) is 0 Å². The molecular weight excluding hydrogens is 126 g/mol. The van der Waals surface area contributed by atoms with Gasteiger partial charge in [-0.25, -0.2) is 0 Å². The summed E-state index contributed by atoms with van der Waals surface area (Å²) >= 11 is 0.